The van der Waals surface area contributed by atoms with Crippen LogP contribution in [0.25, 0.3) is 0 Å². The minimum Gasteiger partial charge on any atom is -0.495 e. The molecule has 0 unspecified atom stereocenters. The molecule has 0 saturated carbocycles. The summed E-state index contributed by atoms with van der Waals surface area (Å²) in [6, 6.07) is 22.3. The van der Waals surface area contributed by atoms with Crippen LogP contribution in [0, 0.1) is 0 Å². The summed E-state index contributed by atoms with van der Waals surface area (Å²) in [5.74, 6) is -0.656. The van der Waals surface area contributed by atoms with Crippen LogP contribution < -0.4 is 14.4 Å². The molecule has 0 fully saturated rings. The Hall–Kier alpha value is -3.56. The summed E-state index contributed by atoms with van der Waals surface area (Å²) in [5, 5.41) is 3.28. The van der Waals surface area contributed by atoms with E-state index in [2.05, 4.69) is 5.32 Å². The lowest BCUT2D eigenvalue weighted by Gasteiger charge is -2.35. The van der Waals surface area contributed by atoms with Gasteiger partial charge in [0, 0.05) is 23.5 Å². The number of ether oxygens (including phenoxy) is 1. The molecular weight excluding hydrogens is 550 g/mol. The van der Waals surface area contributed by atoms with Gasteiger partial charge in [-0.25, -0.2) is 8.42 Å². The molecule has 0 spiro atoms. The van der Waals surface area contributed by atoms with Crippen molar-refractivity contribution in [3.63, 3.8) is 0 Å². The summed E-state index contributed by atoms with van der Waals surface area (Å²) < 4.78 is 32.3. The van der Waals surface area contributed by atoms with Crippen LogP contribution in [0.3, 0.4) is 0 Å². The molecule has 8 nitrogen and oxygen atoms in total. The summed E-state index contributed by atoms with van der Waals surface area (Å²) in [6.45, 7) is 5.13. The molecule has 40 heavy (non-hydrogen) atoms. The van der Waals surface area contributed by atoms with Gasteiger partial charge in [-0.3, -0.25) is 13.9 Å². The average molecular weight is 586 g/mol. The average Bonchev–Trinajstić information content (AvgIpc) is 2.88. The predicted octanol–water partition coefficient (Wildman–Crippen LogP) is 4.67. The van der Waals surface area contributed by atoms with Crippen LogP contribution in [0.1, 0.15) is 31.9 Å². The Morgan fingerprint density at radius 1 is 0.950 bits per heavy atom. The Bertz CT molecular complexity index is 1410. The highest BCUT2D eigenvalue weighted by molar-refractivity contribution is 7.92. The first-order valence-corrected chi connectivity index (χ1v) is 15.0. The quantitative estimate of drug-likeness (QED) is 0.353. The summed E-state index contributed by atoms with van der Waals surface area (Å²) >= 11 is 6.19. The van der Waals surface area contributed by atoms with E-state index in [1.165, 1.54) is 24.1 Å². The number of sulfonamides is 1. The number of rotatable bonds is 11. The van der Waals surface area contributed by atoms with E-state index in [1.54, 1.807) is 6.07 Å². The fourth-order valence-electron chi connectivity index (χ4n) is 4.24. The molecule has 1 N–H and O–H groups in total. The van der Waals surface area contributed by atoms with Gasteiger partial charge in [0.05, 0.1) is 19.1 Å². The van der Waals surface area contributed by atoms with Gasteiger partial charge in [0.1, 0.15) is 18.3 Å². The molecule has 3 aromatic rings. The van der Waals surface area contributed by atoms with E-state index in [9.17, 15) is 18.0 Å². The molecule has 0 aromatic heterocycles. The molecule has 3 aromatic carbocycles. The second-order valence-electron chi connectivity index (χ2n) is 10.5. The van der Waals surface area contributed by atoms with Gasteiger partial charge in [-0.05, 0) is 50.1 Å². The van der Waals surface area contributed by atoms with Crippen LogP contribution in [-0.4, -0.2) is 56.6 Å². The molecule has 0 aliphatic carbocycles. The third-order valence-electron chi connectivity index (χ3n) is 6.05. The number of methoxy groups -OCH3 is 1. The van der Waals surface area contributed by atoms with Crippen LogP contribution in [-0.2, 0) is 32.6 Å². The maximum Gasteiger partial charge on any atom is 0.244 e. The van der Waals surface area contributed by atoms with Crippen molar-refractivity contribution in [3.8, 4) is 5.75 Å². The topological polar surface area (TPSA) is 96.0 Å². The molecule has 214 valence electrons. The summed E-state index contributed by atoms with van der Waals surface area (Å²) in [6.07, 6.45) is 1.25. The zero-order valence-corrected chi connectivity index (χ0v) is 25.0. The van der Waals surface area contributed by atoms with Crippen LogP contribution in [0.2, 0.25) is 5.02 Å². The maximum atomic E-state index is 14.1. The molecule has 0 aliphatic rings. The zero-order valence-electron chi connectivity index (χ0n) is 23.4. The van der Waals surface area contributed by atoms with E-state index >= 15 is 0 Å². The summed E-state index contributed by atoms with van der Waals surface area (Å²) in [5.41, 5.74) is 1.23. The number of nitrogens with one attached hydrogen (secondary N) is 1. The van der Waals surface area contributed by atoms with Crippen LogP contribution in [0.5, 0.6) is 5.75 Å². The van der Waals surface area contributed by atoms with Gasteiger partial charge >= 0.3 is 0 Å². The van der Waals surface area contributed by atoms with Crippen molar-refractivity contribution >= 4 is 39.1 Å². The minimum atomic E-state index is -3.96. The largest absolute Gasteiger partial charge is 0.495 e. The minimum absolute atomic E-state index is 0.0962. The highest BCUT2D eigenvalue weighted by atomic mass is 35.5. The Morgan fingerprint density at radius 3 is 2.05 bits per heavy atom. The van der Waals surface area contributed by atoms with Crippen molar-refractivity contribution in [2.24, 2.45) is 0 Å². The molecule has 1 atom stereocenters. The number of hydrogen-bond acceptors (Lipinski definition) is 5. The highest BCUT2D eigenvalue weighted by Gasteiger charge is 2.35. The summed E-state index contributed by atoms with van der Waals surface area (Å²) in [7, 11) is -2.55. The predicted molar refractivity (Wildman–Crippen MR) is 159 cm³/mol. The molecular formula is C30H36ClN3O5S. The zero-order chi connectivity index (χ0) is 29.5. The van der Waals surface area contributed by atoms with Crippen molar-refractivity contribution < 1.29 is 22.7 Å². The molecule has 10 heteroatoms. The van der Waals surface area contributed by atoms with E-state index < -0.39 is 34.1 Å². The third kappa shape index (κ3) is 8.72. The van der Waals surface area contributed by atoms with Gasteiger partial charge < -0.3 is 15.0 Å². The second kappa shape index (κ2) is 13.2. The maximum absolute atomic E-state index is 14.1. The lowest BCUT2D eigenvalue weighted by Crippen LogP contribution is -2.56. The van der Waals surface area contributed by atoms with E-state index in [1.807, 2.05) is 81.4 Å². The highest BCUT2D eigenvalue weighted by Crippen LogP contribution is 2.33. The Balaban J connectivity index is 2.10. The standard InChI is InChI=1S/C30H36ClN3O5S/c1-30(2,3)32-29(36)26(18-22-12-8-6-9-13-22)33(20-23-14-10-7-11-15-23)28(35)21-34(40(5,37)38)25-19-24(31)16-17-27(25)39-4/h6-17,19,26H,18,20-21H2,1-5H3,(H,32,36)/t26-/m1/s1. The number of anilines is 1. The SMILES string of the molecule is COc1ccc(Cl)cc1N(CC(=O)N(Cc1ccccc1)[C@H](Cc1ccccc1)C(=O)NC(C)(C)C)S(C)(=O)=O. The summed E-state index contributed by atoms with van der Waals surface area (Å²) in [4.78, 5) is 29.3. The molecule has 0 saturated heterocycles. The first-order chi connectivity index (χ1) is 18.8. The Morgan fingerprint density at radius 2 is 1.52 bits per heavy atom. The first kappa shape index (κ1) is 31.0. The van der Waals surface area contributed by atoms with E-state index in [0.717, 1.165) is 21.7 Å². The van der Waals surface area contributed by atoms with Gasteiger partial charge in [0.25, 0.3) is 0 Å². The van der Waals surface area contributed by atoms with Crippen LogP contribution in [0.15, 0.2) is 78.9 Å². The molecule has 2 amide bonds. The Kier molecular flexibility index (Phi) is 10.2. The molecule has 3 rings (SSSR count). The lowest BCUT2D eigenvalue weighted by molar-refractivity contribution is -0.140. The van der Waals surface area contributed by atoms with Crippen molar-refractivity contribution in [2.75, 3.05) is 24.2 Å². The van der Waals surface area contributed by atoms with Crippen molar-refractivity contribution in [1.82, 2.24) is 10.2 Å². The molecule has 0 aliphatic heterocycles. The van der Waals surface area contributed by atoms with Crippen molar-refractivity contribution in [1.29, 1.82) is 0 Å². The third-order valence-corrected chi connectivity index (χ3v) is 7.42. The van der Waals surface area contributed by atoms with Crippen LogP contribution >= 0.6 is 11.6 Å². The normalized spacial score (nSPS) is 12.3. The van der Waals surface area contributed by atoms with Gasteiger partial charge in [0.2, 0.25) is 21.8 Å². The fraction of sp³-hybridized carbons (Fsp3) is 0.333. The van der Waals surface area contributed by atoms with Crippen molar-refractivity contribution in [3.05, 3.63) is 95.0 Å². The van der Waals surface area contributed by atoms with Crippen LogP contribution in [0.4, 0.5) is 5.69 Å². The monoisotopic (exact) mass is 585 g/mol. The smallest absolute Gasteiger partial charge is 0.244 e. The number of amides is 2. The lowest BCUT2D eigenvalue weighted by atomic mass is 10.0. The van der Waals surface area contributed by atoms with Crippen molar-refractivity contribution in [2.45, 2.75) is 45.3 Å². The van der Waals surface area contributed by atoms with Gasteiger partial charge in [-0.1, -0.05) is 72.3 Å². The van der Waals surface area contributed by atoms with E-state index in [4.69, 9.17) is 16.3 Å². The first-order valence-electron chi connectivity index (χ1n) is 12.8. The fourth-order valence-corrected chi connectivity index (χ4v) is 5.25. The number of nitrogens with zero attached hydrogens (tertiary/aromatic N) is 2. The number of benzene rings is 3. The van der Waals surface area contributed by atoms with E-state index in [-0.39, 0.29) is 35.3 Å². The van der Waals surface area contributed by atoms with Gasteiger partial charge in [0.15, 0.2) is 0 Å². The number of halogens is 1. The van der Waals surface area contributed by atoms with E-state index in [0.29, 0.717) is 0 Å². The molecule has 0 radical (unpaired) electrons. The number of carbonyl (C=O) groups excluding carboxylic acids is 2. The number of carbonyl (C=O) groups is 2. The molecule has 0 bridgehead atoms. The Labute approximate surface area is 241 Å². The second-order valence-corrected chi connectivity index (χ2v) is 12.9. The molecule has 0 heterocycles. The van der Waals surface area contributed by atoms with Gasteiger partial charge in [-0.15, -0.1) is 0 Å². The number of hydrogen-bond donors (Lipinski definition) is 1. The van der Waals surface area contributed by atoms with Gasteiger partial charge in [-0.2, -0.15) is 0 Å².